The van der Waals surface area contributed by atoms with E-state index >= 15 is 0 Å². The molecule has 2 N–H and O–H groups in total. The zero-order valence-corrected chi connectivity index (χ0v) is 19.3. The predicted octanol–water partition coefficient (Wildman–Crippen LogP) is 4.79. The van der Waals surface area contributed by atoms with E-state index in [0.717, 1.165) is 64.2 Å². The van der Waals surface area contributed by atoms with Crippen LogP contribution in [-0.4, -0.2) is 48.6 Å². The number of esters is 2. The molecule has 0 rings (SSSR count). The number of ether oxygens (including phenoxy) is 2. The highest BCUT2D eigenvalue weighted by Gasteiger charge is 2.22. The molecule has 0 radical (unpaired) electrons. The summed E-state index contributed by atoms with van der Waals surface area (Å²) in [5.74, 6) is -0.305. The van der Waals surface area contributed by atoms with Gasteiger partial charge in [-0.15, -0.1) is 0 Å². The molecule has 0 fully saturated rings. The van der Waals surface area contributed by atoms with E-state index in [0.29, 0.717) is 26.1 Å². The van der Waals surface area contributed by atoms with E-state index in [2.05, 4.69) is 13.8 Å². The van der Waals surface area contributed by atoms with Gasteiger partial charge in [0.15, 0.2) is 0 Å². The van der Waals surface area contributed by atoms with Gasteiger partial charge >= 0.3 is 11.9 Å². The van der Waals surface area contributed by atoms with Crippen LogP contribution in [0.4, 0.5) is 0 Å². The van der Waals surface area contributed by atoms with Crippen molar-refractivity contribution in [3.63, 3.8) is 0 Å². The number of hydrogen-bond acceptors (Lipinski definition) is 6. The average Bonchev–Trinajstić information content (AvgIpc) is 2.70. The molecule has 0 atom stereocenters. The molecule has 0 saturated heterocycles. The van der Waals surface area contributed by atoms with Crippen molar-refractivity contribution in [2.75, 3.05) is 26.4 Å². The fourth-order valence-corrected chi connectivity index (χ4v) is 2.35. The number of carbonyl (C=O) groups is 2. The lowest BCUT2D eigenvalue weighted by Crippen LogP contribution is -2.28. The molecule has 0 unspecified atom stereocenters. The summed E-state index contributed by atoms with van der Waals surface area (Å²) in [5.41, 5.74) is -0.335. The molecular formula is C23H46O6. The fraction of sp³-hybridized carbons (Fsp3) is 0.913. The zero-order chi connectivity index (χ0) is 22.4. The first kappa shape index (κ1) is 30.1. The van der Waals surface area contributed by atoms with Crippen molar-refractivity contribution in [2.45, 2.75) is 105 Å². The minimum atomic E-state index is -0.335. The highest BCUT2D eigenvalue weighted by Crippen LogP contribution is 2.17. The minimum absolute atomic E-state index is 0.153. The molecule has 0 aliphatic heterocycles. The van der Waals surface area contributed by atoms with Crippen LogP contribution in [0.3, 0.4) is 0 Å². The van der Waals surface area contributed by atoms with Crippen molar-refractivity contribution in [2.24, 2.45) is 5.41 Å². The van der Waals surface area contributed by atoms with Crippen molar-refractivity contribution < 1.29 is 29.3 Å². The first-order chi connectivity index (χ1) is 13.8. The van der Waals surface area contributed by atoms with E-state index in [-0.39, 0.29) is 30.6 Å². The topological polar surface area (TPSA) is 93.1 Å². The Kier molecular flexibility index (Phi) is 22.4. The van der Waals surface area contributed by atoms with Gasteiger partial charge in [-0.25, -0.2) is 0 Å². The van der Waals surface area contributed by atoms with Crippen molar-refractivity contribution in [3.8, 4) is 0 Å². The smallest absolute Gasteiger partial charge is 0.305 e. The Labute approximate surface area is 178 Å². The van der Waals surface area contributed by atoms with Gasteiger partial charge in [-0.2, -0.15) is 0 Å². The summed E-state index contributed by atoms with van der Waals surface area (Å²) in [6.07, 6.45) is 11.0. The maximum atomic E-state index is 11.7. The number of hydrogen-bond donors (Lipinski definition) is 2. The van der Waals surface area contributed by atoms with Gasteiger partial charge in [-0.3, -0.25) is 9.59 Å². The lowest BCUT2D eigenvalue weighted by molar-refractivity contribution is -0.152. The van der Waals surface area contributed by atoms with E-state index < -0.39 is 0 Å². The fourth-order valence-electron chi connectivity index (χ4n) is 2.35. The molecule has 0 spiro atoms. The lowest BCUT2D eigenvalue weighted by Gasteiger charge is -2.23. The average molecular weight is 419 g/mol. The maximum Gasteiger partial charge on any atom is 0.305 e. The molecule has 29 heavy (non-hydrogen) atoms. The number of carbonyl (C=O) groups excluding carboxylic acids is 2. The highest BCUT2D eigenvalue weighted by molar-refractivity contribution is 5.69. The maximum absolute atomic E-state index is 11.7. The van der Waals surface area contributed by atoms with Gasteiger partial charge < -0.3 is 19.7 Å². The Balaban J connectivity index is 0. The van der Waals surface area contributed by atoms with Crippen molar-refractivity contribution in [1.29, 1.82) is 0 Å². The summed E-state index contributed by atoms with van der Waals surface area (Å²) in [7, 11) is 0. The Bertz CT molecular complexity index is 348. The highest BCUT2D eigenvalue weighted by atomic mass is 16.5. The molecule has 6 nitrogen and oxygen atoms in total. The van der Waals surface area contributed by atoms with Crippen LogP contribution in [0.2, 0.25) is 0 Å². The molecule has 0 amide bonds. The normalized spacial score (nSPS) is 10.8. The summed E-state index contributed by atoms with van der Waals surface area (Å²) < 4.78 is 10.6. The van der Waals surface area contributed by atoms with Gasteiger partial charge in [-0.1, -0.05) is 66.2 Å². The molecule has 0 heterocycles. The molecular weight excluding hydrogens is 372 g/mol. The van der Waals surface area contributed by atoms with Crippen LogP contribution in [-0.2, 0) is 19.1 Å². The predicted molar refractivity (Wildman–Crippen MR) is 117 cm³/mol. The Hall–Kier alpha value is -1.14. The molecule has 0 aromatic carbocycles. The lowest BCUT2D eigenvalue weighted by atomic mass is 9.96. The Morgan fingerprint density at radius 3 is 1.34 bits per heavy atom. The SMILES string of the molecule is CCCCCCC(=O)OCC(C)(C)COC(=O)CCCCCC.OCCCCO. The second-order valence-corrected chi connectivity index (χ2v) is 8.26. The van der Waals surface area contributed by atoms with Gasteiger partial charge in [0.25, 0.3) is 0 Å². The summed E-state index contributed by atoms with van der Waals surface area (Å²) >= 11 is 0. The van der Waals surface area contributed by atoms with E-state index in [9.17, 15) is 9.59 Å². The second-order valence-electron chi connectivity index (χ2n) is 8.26. The number of rotatable bonds is 17. The van der Waals surface area contributed by atoms with Crippen molar-refractivity contribution >= 4 is 11.9 Å². The zero-order valence-electron chi connectivity index (χ0n) is 19.3. The molecule has 0 aliphatic rings. The van der Waals surface area contributed by atoms with Gasteiger partial charge in [0.05, 0.1) is 13.2 Å². The van der Waals surface area contributed by atoms with Crippen LogP contribution < -0.4 is 0 Å². The molecule has 0 aromatic heterocycles. The van der Waals surface area contributed by atoms with Crippen molar-refractivity contribution in [1.82, 2.24) is 0 Å². The minimum Gasteiger partial charge on any atom is -0.465 e. The Morgan fingerprint density at radius 2 is 1.03 bits per heavy atom. The van der Waals surface area contributed by atoms with E-state index in [1.54, 1.807) is 0 Å². The van der Waals surface area contributed by atoms with Crippen LogP contribution in [0.25, 0.3) is 0 Å². The van der Waals surface area contributed by atoms with Gasteiger partial charge in [0.1, 0.15) is 0 Å². The Morgan fingerprint density at radius 1 is 0.655 bits per heavy atom. The van der Waals surface area contributed by atoms with Crippen molar-refractivity contribution in [3.05, 3.63) is 0 Å². The van der Waals surface area contributed by atoms with Gasteiger partial charge in [-0.05, 0) is 25.7 Å². The summed E-state index contributed by atoms with van der Waals surface area (Å²) in [4.78, 5) is 23.3. The largest absolute Gasteiger partial charge is 0.465 e. The first-order valence-electron chi connectivity index (χ1n) is 11.4. The third kappa shape index (κ3) is 24.8. The monoisotopic (exact) mass is 418 g/mol. The number of aliphatic hydroxyl groups is 2. The van der Waals surface area contributed by atoms with Crippen LogP contribution in [0.5, 0.6) is 0 Å². The quantitative estimate of drug-likeness (QED) is 0.260. The van der Waals surface area contributed by atoms with Crippen LogP contribution >= 0.6 is 0 Å². The molecule has 174 valence electrons. The van der Waals surface area contributed by atoms with Gasteiger partial charge in [0.2, 0.25) is 0 Å². The molecule has 0 aromatic rings. The summed E-state index contributed by atoms with van der Waals surface area (Å²) in [6, 6.07) is 0. The van der Waals surface area contributed by atoms with Crippen LogP contribution in [0.1, 0.15) is 105 Å². The molecule has 0 aliphatic carbocycles. The molecule has 0 saturated carbocycles. The van der Waals surface area contributed by atoms with Crippen LogP contribution in [0, 0.1) is 5.41 Å². The summed E-state index contributed by atoms with van der Waals surface area (Å²) in [5, 5.41) is 16.2. The molecule has 6 heteroatoms. The second kappa shape index (κ2) is 21.6. The van der Waals surface area contributed by atoms with Gasteiger partial charge in [0, 0.05) is 31.5 Å². The van der Waals surface area contributed by atoms with E-state index in [1.165, 1.54) is 0 Å². The third-order valence-corrected chi connectivity index (χ3v) is 4.28. The third-order valence-electron chi connectivity index (χ3n) is 4.28. The van der Waals surface area contributed by atoms with E-state index in [1.807, 2.05) is 13.8 Å². The standard InChI is InChI=1S/C19H36O4.C4H10O2/c1-5-7-9-11-13-17(20)22-15-19(3,4)16-23-18(21)14-12-10-8-6-2;5-3-1-2-4-6/h5-16H2,1-4H3;5-6H,1-4H2. The first-order valence-corrected chi connectivity index (χ1v) is 11.4. The van der Waals surface area contributed by atoms with Crippen LogP contribution in [0.15, 0.2) is 0 Å². The van der Waals surface area contributed by atoms with E-state index in [4.69, 9.17) is 19.7 Å². The number of unbranched alkanes of at least 4 members (excludes halogenated alkanes) is 7. The molecule has 0 bridgehead atoms. The summed E-state index contributed by atoms with van der Waals surface area (Å²) in [6.45, 7) is 9.16. The number of aliphatic hydroxyl groups excluding tert-OH is 2.